The molecule has 27 heavy (non-hydrogen) atoms. The Labute approximate surface area is 160 Å². The fourth-order valence-corrected chi connectivity index (χ4v) is 3.24. The summed E-state index contributed by atoms with van der Waals surface area (Å²) in [5.41, 5.74) is 0.970. The molecule has 2 aromatic rings. The highest BCUT2D eigenvalue weighted by atomic mass is 35.5. The highest BCUT2D eigenvalue weighted by molar-refractivity contribution is 5.85. The van der Waals surface area contributed by atoms with Crippen molar-refractivity contribution in [3.63, 3.8) is 0 Å². The fraction of sp³-hybridized carbons (Fsp3) is 0.316. The first-order valence-electron chi connectivity index (χ1n) is 8.33. The van der Waals surface area contributed by atoms with Crippen molar-refractivity contribution in [3.8, 4) is 0 Å². The maximum Gasteiger partial charge on any atom is 0.224 e. The lowest BCUT2D eigenvalue weighted by Crippen LogP contribution is -2.50. The van der Waals surface area contributed by atoms with Crippen LogP contribution in [0.4, 0.5) is 17.6 Å². The Morgan fingerprint density at radius 2 is 1.67 bits per heavy atom. The van der Waals surface area contributed by atoms with Crippen LogP contribution >= 0.6 is 12.4 Å². The van der Waals surface area contributed by atoms with E-state index in [4.69, 9.17) is 0 Å². The lowest BCUT2D eigenvalue weighted by Gasteiger charge is -2.33. The summed E-state index contributed by atoms with van der Waals surface area (Å²) >= 11 is 0. The molecule has 3 nitrogen and oxygen atoms in total. The summed E-state index contributed by atoms with van der Waals surface area (Å²) in [6.45, 7) is 1.17. The average Bonchev–Trinajstić information content (AvgIpc) is 2.61. The van der Waals surface area contributed by atoms with Crippen molar-refractivity contribution in [3.05, 3.63) is 70.8 Å². The fourth-order valence-electron chi connectivity index (χ4n) is 3.24. The molecule has 1 fully saturated rings. The maximum atomic E-state index is 13.5. The molecule has 8 heteroatoms. The molecule has 0 radical (unpaired) electrons. The first-order chi connectivity index (χ1) is 12.4. The van der Waals surface area contributed by atoms with Crippen LogP contribution in [0.2, 0.25) is 0 Å². The largest absolute Gasteiger partial charge is 0.351 e. The predicted octanol–water partition coefficient (Wildman–Crippen LogP) is 3.47. The number of benzene rings is 2. The monoisotopic (exact) mass is 402 g/mol. The van der Waals surface area contributed by atoms with Gasteiger partial charge in [0, 0.05) is 18.5 Å². The van der Waals surface area contributed by atoms with Crippen LogP contribution in [0.15, 0.2) is 36.4 Å². The minimum absolute atomic E-state index is 0. The molecular weight excluding hydrogens is 384 g/mol. The second kappa shape index (κ2) is 9.19. The van der Waals surface area contributed by atoms with Crippen molar-refractivity contribution < 1.29 is 22.4 Å². The molecule has 0 aliphatic carbocycles. The second-order valence-electron chi connectivity index (χ2n) is 6.37. The summed E-state index contributed by atoms with van der Waals surface area (Å²) in [6, 6.07) is 6.75. The highest BCUT2D eigenvalue weighted by Gasteiger charge is 2.28. The Kier molecular flexibility index (Phi) is 7.21. The van der Waals surface area contributed by atoms with Gasteiger partial charge in [-0.1, -0.05) is 12.1 Å². The van der Waals surface area contributed by atoms with Gasteiger partial charge < -0.3 is 10.6 Å². The number of halogens is 5. The highest BCUT2D eigenvalue weighted by Crippen LogP contribution is 2.27. The molecule has 2 aromatic carbocycles. The van der Waals surface area contributed by atoms with Crippen LogP contribution in [0.25, 0.3) is 0 Å². The van der Waals surface area contributed by atoms with E-state index in [2.05, 4.69) is 10.6 Å². The van der Waals surface area contributed by atoms with Crippen molar-refractivity contribution >= 4 is 18.3 Å². The molecule has 1 heterocycles. The van der Waals surface area contributed by atoms with E-state index in [-0.39, 0.29) is 36.7 Å². The van der Waals surface area contributed by atoms with Gasteiger partial charge in [-0.05, 0) is 48.4 Å². The summed E-state index contributed by atoms with van der Waals surface area (Å²) in [5.74, 6) is -4.33. The molecule has 1 amide bonds. The van der Waals surface area contributed by atoms with Gasteiger partial charge in [0.25, 0.3) is 0 Å². The van der Waals surface area contributed by atoms with Crippen molar-refractivity contribution in [2.24, 2.45) is 0 Å². The van der Waals surface area contributed by atoms with Crippen LogP contribution in [0.1, 0.15) is 23.5 Å². The van der Waals surface area contributed by atoms with Gasteiger partial charge >= 0.3 is 0 Å². The van der Waals surface area contributed by atoms with E-state index in [0.29, 0.717) is 30.6 Å². The van der Waals surface area contributed by atoms with Crippen molar-refractivity contribution in [2.75, 3.05) is 13.1 Å². The maximum absolute atomic E-state index is 13.5. The topological polar surface area (TPSA) is 41.1 Å². The van der Waals surface area contributed by atoms with Gasteiger partial charge in [-0.2, -0.15) is 0 Å². The minimum Gasteiger partial charge on any atom is -0.351 e. The van der Waals surface area contributed by atoms with Crippen LogP contribution < -0.4 is 10.6 Å². The molecule has 1 aliphatic rings. The normalized spacial score (nSPS) is 19.3. The molecule has 0 bridgehead atoms. The summed E-state index contributed by atoms with van der Waals surface area (Å²) in [7, 11) is 0. The molecule has 1 aliphatic heterocycles. The first kappa shape index (κ1) is 21.2. The molecule has 146 valence electrons. The van der Waals surface area contributed by atoms with Gasteiger partial charge in [0.05, 0.1) is 6.42 Å². The molecule has 1 saturated heterocycles. The molecule has 0 spiro atoms. The Balaban J connectivity index is 0.00000261. The van der Waals surface area contributed by atoms with Gasteiger partial charge in [0.15, 0.2) is 23.3 Å². The quantitative estimate of drug-likeness (QED) is 0.769. The second-order valence-corrected chi connectivity index (χ2v) is 6.37. The van der Waals surface area contributed by atoms with E-state index >= 15 is 0 Å². The van der Waals surface area contributed by atoms with Crippen LogP contribution in [0, 0.1) is 23.3 Å². The van der Waals surface area contributed by atoms with Gasteiger partial charge in [-0.15, -0.1) is 12.4 Å². The Morgan fingerprint density at radius 1 is 1.00 bits per heavy atom. The van der Waals surface area contributed by atoms with E-state index in [1.165, 1.54) is 12.1 Å². The average molecular weight is 403 g/mol. The SMILES string of the molecule is Cl.O=C(Cc1ccc(F)c(F)c1)NC1CNCCC1c1ccc(F)c(F)c1. The van der Waals surface area contributed by atoms with Crippen LogP contribution in [-0.4, -0.2) is 25.0 Å². The van der Waals surface area contributed by atoms with Crippen LogP contribution in [0.3, 0.4) is 0 Å². The number of hydrogen-bond donors (Lipinski definition) is 2. The number of amides is 1. The Morgan fingerprint density at radius 3 is 2.33 bits per heavy atom. The Hall–Kier alpha value is -2.12. The number of hydrogen-bond acceptors (Lipinski definition) is 2. The third-order valence-electron chi connectivity index (χ3n) is 4.55. The molecular formula is C19H19ClF4N2O. The summed E-state index contributed by atoms with van der Waals surface area (Å²) in [4.78, 5) is 12.3. The summed E-state index contributed by atoms with van der Waals surface area (Å²) < 4.78 is 52.9. The van der Waals surface area contributed by atoms with E-state index in [9.17, 15) is 22.4 Å². The molecule has 2 atom stereocenters. The Bertz CT molecular complexity index is 818. The third-order valence-corrected chi connectivity index (χ3v) is 4.55. The number of carbonyl (C=O) groups excluding carboxylic acids is 1. The van der Waals surface area contributed by atoms with Crippen LogP contribution in [0.5, 0.6) is 0 Å². The minimum atomic E-state index is -1.01. The van der Waals surface area contributed by atoms with Gasteiger partial charge in [0.2, 0.25) is 5.91 Å². The lowest BCUT2D eigenvalue weighted by atomic mass is 9.86. The lowest BCUT2D eigenvalue weighted by molar-refractivity contribution is -0.121. The third kappa shape index (κ3) is 5.20. The molecule has 0 aromatic heterocycles. The van der Waals surface area contributed by atoms with Gasteiger partial charge in [-0.3, -0.25) is 4.79 Å². The van der Waals surface area contributed by atoms with Crippen molar-refractivity contribution in [1.82, 2.24) is 10.6 Å². The van der Waals surface area contributed by atoms with Crippen LogP contribution in [-0.2, 0) is 11.2 Å². The van der Waals surface area contributed by atoms with E-state index in [1.807, 2.05) is 0 Å². The number of piperidine rings is 1. The standard InChI is InChI=1S/C19H18F4N2O.ClH/c20-14-3-1-11(7-16(14)22)8-19(26)25-18-10-24-6-5-13(18)12-2-4-15(21)17(23)9-12;/h1-4,7,9,13,18,24H,5-6,8,10H2,(H,25,26);1H. The first-order valence-corrected chi connectivity index (χ1v) is 8.33. The smallest absolute Gasteiger partial charge is 0.224 e. The van der Waals surface area contributed by atoms with Gasteiger partial charge in [0.1, 0.15) is 0 Å². The number of nitrogens with one attached hydrogen (secondary N) is 2. The predicted molar refractivity (Wildman–Crippen MR) is 95.8 cm³/mol. The molecule has 0 saturated carbocycles. The number of carbonyl (C=O) groups is 1. The zero-order chi connectivity index (χ0) is 18.7. The zero-order valence-electron chi connectivity index (χ0n) is 14.3. The zero-order valence-corrected chi connectivity index (χ0v) is 15.1. The van der Waals surface area contributed by atoms with E-state index in [0.717, 1.165) is 24.3 Å². The molecule has 2 N–H and O–H groups in total. The van der Waals surface area contributed by atoms with E-state index in [1.54, 1.807) is 0 Å². The van der Waals surface area contributed by atoms with Crippen molar-refractivity contribution in [1.29, 1.82) is 0 Å². The van der Waals surface area contributed by atoms with E-state index < -0.39 is 23.3 Å². The number of rotatable bonds is 4. The molecule has 3 rings (SSSR count). The van der Waals surface area contributed by atoms with Crippen molar-refractivity contribution in [2.45, 2.75) is 24.8 Å². The molecule has 2 unspecified atom stereocenters. The summed E-state index contributed by atoms with van der Waals surface area (Å²) in [6.07, 6.45) is 0.555. The summed E-state index contributed by atoms with van der Waals surface area (Å²) in [5, 5.41) is 6.00. The van der Waals surface area contributed by atoms with Gasteiger partial charge in [-0.25, -0.2) is 17.6 Å².